The minimum atomic E-state index is -0.447. The molecule has 2 amide bonds. The van der Waals surface area contributed by atoms with E-state index in [2.05, 4.69) is 15.6 Å². The minimum Gasteiger partial charge on any atom is -0.496 e. The van der Waals surface area contributed by atoms with Crippen molar-refractivity contribution in [3.8, 4) is 23.0 Å². The Morgan fingerprint density at radius 2 is 1.82 bits per heavy atom. The molecule has 0 spiro atoms. The lowest BCUT2D eigenvalue weighted by atomic mass is 10.1. The molecule has 1 aliphatic heterocycles. The van der Waals surface area contributed by atoms with Gasteiger partial charge in [0.25, 0.3) is 11.8 Å². The van der Waals surface area contributed by atoms with E-state index >= 15 is 0 Å². The summed E-state index contributed by atoms with van der Waals surface area (Å²) in [6, 6.07) is 12.4. The number of aromatic nitrogens is 1. The molecule has 2 aromatic carbocycles. The van der Waals surface area contributed by atoms with Crippen LogP contribution in [0.15, 0.2) is 46.9 Å². The average Bonchev–Trinajstić information content (AvgIpc) is 3.52. The average molecular weight is 466 g/mol. The van der Waals surface area contributed by atoms with Gasteiger partial charge in [-0.3, -0.25) is 9.59 Å². The topological polar surface area (TPSA) is 112 Å². The highest BCUT2D eigenvalue weighted by Crippen LogP contribution is 2.30. The van der Waals surface area contributed by atoms with Crippen molar-refractivity contribution in [2.24, 2.45) is 0 Å². The van der Waals surface area contributed by atoms with Crippen LogP contribution in [-0.2, 0) is 16.1 Å². The third kappa shape index (κ3) is 4.89. The predicted octanol–water partition coefficient (Wildman–Crippen LogP) is 3.71. The molecule has 0 radical (unpaired) electrons. The van der Waals surface area contributed by atoms with Crippen LogP contribution < -0.4 is 20.1 Å². The van der Waals surface area contributed by atoms with Gasteiger partial charge in [0.2, 0.25) is 5.89 Å². The molecule has 1 aromatic heterocycles. The van der Waals surface area contributed by atoms with Crippen molar-refractivity contribution in [2.45, 2.75) is 32.4 Å². The summed E-state index contributed by atoms with van der Waals surface area (Å²) in [4.78, 5) is 30.0. The summed E-state index contributed by atoms with van der Waals surface area (Å²) in [5.74, 6) is 1.17. The molecule has 3 aromatic rings. The van der Waals surface area contributed by atoms with E-state index in [9.17, 15) is 9.59 Å². The number of hydrogen-bond acceptors (Lipinski definition) is 7. The smallest absolute Gasteiger partial charge is 0.259 e. The van der Waals surface area contributed by atoms with E-state index in [0.717, 1.165) is 6.42 Å². The summed E-state index contributed by atoms with van der Waals surface area (Å²) in [6.45, 7) is 2.50. The van der Waals surface area contributed by atoms with E-state index in [0.29, 0.717) is 58.7 Å². The summed E-state index contributed by atoms with van der Waals surface area (Å²) in [5, 5.41) is 5.76. The highest BCUT2D eigenvalue weighted by molar-refractivity contribution is 6.00. The Morgan fingerprint density at radius 3 is 2.50 bits per heavy atom. The molecule has 4 rings (SSSR count). The number of methoxy groups -OCH3 is 2. The molecule has 0 bridgehead atoms. The number of nitrogens with one attached hydrogen (secondary N) is 2. The van der Waals surface area contributed by atoms with Crippen molar-refractivity contribution in [3.05, 3.63) is 59.5 Å². The molecule has 2 N–H and O–H groups in total. The van der Waals surface area contributed by atoms with Gasteiger partial charge in [0.1, 0.15) is 34.6 Å². The number of amides is 2. The maximum absolute atomic E-state index is 12.9. The molecule has 34 heavy (non-hydrogen) atoms. The third-order valence-electron chi connectivity index (χ3n) is 5.60. The van der Waals surface area contributed by atoms with Gasteiger partial charge in [-0.25, -0.2) is 4.98 Å². The van der Waals surface area contributed by atoms with Gasteiger partial charge in [-0.2, -0.15) is 0 Å². The van der Waals surface area contributed by atoms with Crippen molar-refractivity contribution in [1.82, 2.24) is 10.3 Å². The quantitative estimate of drug-likeness (QED) is 0.521. The number of oxazole rings is 1. The van der Waals surface area contributed by atoms with E-state index in [1.807, 2.05) is 18.2 Å². The fourth-order valence-electron chi connectivity index (χ4n) is 3.81. The van der Waals surface area contributed by atoms with Crippen LogP contribution in [0.4, 0.5) is 5.69 Å². The van der Waals surface area contributed by atoms with Crippen molar-refractivity contribution in [1.29, 1.82) is 0 Å². The first kappa shape index (κ1) is 23.3. The molecule has 178 valence electrons. The molecule has 1 aliphatic rings. The molecule has 0 aliphatic carbocycles. The summed E-state index contributed by atoms with van der Waals surface area (Å²) < 4.78 is 22.0. The van der Waals surface area contributed by atoms with Crippen LogP contribution in [-0.4, -0.2) is 43.7 Å². The molecule has 1 unspecified atom stereocenters. The summed E-state index contributed by atoms with van der Waals surface area (Å²) in [6.07, 6.45) is 1.12. The molecule has 0 saturated carbocycles. The molecular formula is C25H27N3O6. The Bertz CT molecular complexity index is 1160. The van der Waals surface area contributed by atoms with Gasteiger partial charge in [-0.15, -0.1) is 0 Å². The Kier molecular flexibility index (Phi) is 7.12. The highest BCUT2D eigenvalue weighted by Gasteiger charge is 2.25. The van der Waals surface area contributed by atoms with Crippen LogP contribution in [0.1, 0.15) is 34.7 Å². The lowest BCUT2D eigenvalue weighted by Crippen LogP contribution is -2.27. The highest BCUT2D eigenvalue weighted by atomic mass is 16.5. The first-order chi connectivity index (χ1) is 16.5. The van der Waals surface area contributed by atoms with Gasteiger partial charge >= 0.3 is 0 Å². The Morgan fingerprint density at radius 1 is 1.09 bits per heavy atom. The number of carbonyl (C=O) groups excluding carboxylic acids is 2. The van der Waals surface area contributed by atoms with Crippen LogP contribution in [0.3, 0.4) is 0 Å². The zero-order valence-corrected chi connectivity index (χ0v) is 19.3. The lowest BCUT2D eigenvalue weighted by Gasteiger charge is -2.12. The summed E-state index contributed by atoms with van der Waals surface area (Å²) in [5.41, 5.74) is 2.09. The third-order valence-corrected chi connectivity index (χ3v) is 5.60. The maximum Gasteiger partial charge on any atom is 0.259 e. The predicted molar refractivity (Wildman–Crippen MR) is 125 cm³/mol. The van der Waals surface area contributed by atoms with Gasteiger partial charge in [0.15, 0.2) is 0 Å². The fraction of sp³-hybridized carbons (Fsp3) is 0.320. The number of benzene rings is 2. The standard InChI is InChI=1S/C25H27N3O6/c1-15-18(14-26-24(30)22-19(31-2)10-6-11-20(22)32-3)28-25(34-15)16-8-4-5-9-17(16)27-23(29)21-12-7-13-33-21/h4-6,8-11,21H,7,12-14H2,1-3H3,(H,26,30)(H,27,29). The van der Waals surface area contributed by atoms with Crippen molar-refractivity contribution < 1.29 is 28.2 Å². The number of para-hydroxylation sites is 1. The second-order valence-electron chi connectivity index (χ2n) is 7.78. The first-order valence-corrected chi connectivity index (χ1v) is 11.0. The SMILES string of the molecule is COc1cccc(OC)c1C(=O)NCc1nc(-c2ccccc2NC(=O)C2CCCO2)oc1C. The van der Waals surface area contributed by atoms with Crippen LogP contribution in [0.5, 0.6) is 11.5 Å². The van der Waals surface area contributed by atoms with Crippen LogP contribution in [0.25, 0.3) is 11.5 Å². The van der Waals surface area contributed by atoms with Gasteiger partial charge in [0, 0.05) is 6.61 Å². The van der Waals surface area contributed by atoms with E-state index in [-0.39, 0.29) is 18.4 Å². The van der Waals surface area contributed by atoms with Crippen molar-refractivity contribution in [2.75, 3.05) is 26.1 Å². The van der Waals surface area contributed by atoms with E-state index < -0.39 is 6.10 Å². The first-order valence-electron chi connectivity index (χ1n) is 11.0. The van der Waals surface area contributed by atoms with E-state index in [1.54, 1.807) is 31.2 Å². The van der Waals surface area contributed by atoms with Crippen molar-refractivity contribution >= 4 is 17.5 Å². The van der Waals surface area contributed by atoms with E-state index in [4.69, 9.17) is 18.6 Å². The number of rotatable bonds is 8. The van der Waals surface area contributed by atoms with Gasteiger partial charge in [0.05, 0.1) is 32.0 Å². The second kappa shape index (κ2) is 10.4. The van der Waals surface area contributed by atoms with Gasteiger partial charge in [-0.1, -0.05) is 18.2 Å². The monoisotopic (exact) mass is 465 g/mol. The van der Waals surface area contributed by atoms with Crippen molar-refractivity contribution in [3.63, 3.8) is 0 Å². The maximum atomic E-state index is 12.9. The molecule has 1 saturated heterocycles. The largest absolute Gasteiger partial charge is 0.496 e. The molecule has 9 heteroatoms. The molecule has 1 atom stereocenters. The molecular weight excluding hydrogens is 438 g/mol. The van der Waals surface area contributed by atoms with Crippen LogP contribution >= 0.6 is 0 Å². The Balaban J connectivity index is 1.51. The summed E-state index contributed by atoms with van der Waals surface area (Å²) in [7, 11) is 2.99. The number of ether oxygens (including phenoxy) is 3. The Labute approximate surface area is 197 Å². The van der Waals surface area contributed by atoms with Gasteiger partial charge in [-0.05, 0) is 44.0 Å². The molecule has 2 heterocycles. The summed E-state index contributed by atoms with van der Waals surface area (Å²) >= 11 is 0. The van der Waals surface area contributed by atoms with Crippen LogP contribution in [0.2, 0.25) is 0 Å². The number of nitrogens with zero attached hydrogens (tertiary/aromatic N) is 1. The number of aryl methyl sites for hydroxylation is 1. The zero-order valence-electron chi connectivity index (χ0n) is 19.3. The number of carbonyl (C=O) groups is 2. The Hall–Kier alpha value is -3.85. The number of hydrogen-bond donors (Lipinski definition) is 2. The second-order valence-corrected chi connectivity index (χ2v) is 7.78. The molecule has 9 nitrogen and oxygen atoms in total. The normalized spacial score (nSPS) is 15.1. The molecule has 1 fully saturated rings. The minimum absolute atomic E-state index is 0.139. The fourth-order valence-corrected chi connectivity index (χ4v) is 3.81. The lowest BCUT2D eigenvalue weighted by molar-refractivity contribution is -0.124. The number of anilines is 1. The zero-order chi connectivity index (χ0) is 24.1. The van der Waals surface area contributed by atoms with E-state index in [1.165, 1.54) is 14.2 Å². The van der Waals surface area contributed by atoms with Gasteiger partial charge < -0.3 is 29.3 Å². The van der Waals surface area contributed by atoms with Crippen LogP contribution in [0, 0.1) is 6.92 Å².